The first kappa shape index (κ1) is 15.5. The van der Waals surface area contributed by atoms with Gasteiger partial charge in [0.2, 0.25) is 5.91 Å². The molecule has 1 aromatic rings. The second kappa shape index (κ2) is 7.79. The molecule has 1 aromatic carbocycles. The van der Waals surface area contributed by atoms with E-state index in [1.54, 1.807) is 0 Å². The maximum atomic E-state index is 11.7. The molecule has 1 rings (SSSR count). The third kappa shape index (κ3) is 5.40. The van der Waals surface area contributed by atoms with Crippen molar-refractivity contribution in [3.8, 4) is 5.75 Å². The largest absolute Gasteiger partial charge is 0.493 e. The maximum Gasteiger partial charge on any atom is 0.223 e. The van der Waals surface area contributed by atoms with Crippen molar-refractivity contribution in [3.63, 3.8) is 0 Å². The topological polar surface area (TPSA) is 38.3 Å². The lowest BCUT2D eigenvalue weighted by molar-refractivity contribution is -0.122. The van der Waals surface area contributed by atoms with Gasteiger partial charge in [-0.25, -0.2) is 0 Å². The number of alkyl halides is 2. The Morgan fingerprint density at radius 1 is 1.28 bits per heavy atom. The Hall–Kier alpha value is -0.550. The fourth-order valence-electron chi connectivity index (χ4n) is 1.28. The van der Waals surface area contributed by atoms with Crippen LogP contribution in [0, 0.1) is 0 Å². The number of benzene rings is 1. The third-order valence-electron chi connectivity index (χ3n) is 2.37. The van der Waals surface area contributed by atoms with Crippen LogP contribution < -0.4 is 10.1 Å². The van der Waals surface area contributed by atoms with Gasteiger partial charge in [0.15, 0.2) is 0 Å². The van der Waals surface area contributed by atoms with Gasteiger partial charge in [-0.15, -0.1) is 0 Å². The number of amides is 1. The minimum atomic E-state index is -0.260. The molecule has 0 spiro atoms. The lowest BCUT2D eigenvalue weighted by atomic mass is 10.1. The average molecular weight is 379 g/mol. The number of hydrogen-bond donors (Lipinski definition) is 1. The molecule has 0 bridgehead atoms. The first-order valence-corrected chi connectivity index (χ1v) is 7.95. The number of carbonyl (C=O) groups excluding carboxylic acids is 1. The van der Waals surface area contributed by atoms with E-state index in [1.807, 2.05) is 37.3 Å². The standard InChI is InChI=1S/C13H17Br2NO2/c1-13(9-14,10-15)16-12(17)7-8-18-11-5-3-2-4-6-11/h2-6H,7-10H2,1H3,(H,16,17). The molecule has 0 atom stereocenters. The average Bonchev–Trinajstić information content (AvgIpc) is 2.40. The van der Waals surface area contributed by atoms with Crippen LogP contribution in [0.1, 0.15) is 13.3 Å². The number of ether oxygens (including phenoxy) is 1. The van der Waals surface area contributed by atoms with Crippen LogP contribution in [0.2, 0.25) is 0 Å². The summed E-state index contributed by atoms with van der Waals surface area (Å²) in [4.78, 5) is 11.7. The number of halogens is 2. The van der Waals surface area contributed by atoms with Gasteiger partial charge in [0, 0.05) is 10.7 Å². The molecule has 0 saturated heterocycles. The van der Waals surface area contributed by atoms with Crippen LogP contribution in [-0.2, 0) is 4.79 Å². The normalized spacial score (nSPS) is 11.1. The monoisotopic (exact) mass is 377 g/mol. The Bertz CT molecular complexity index is 367. The zero-order valence-corrected chi connectivity index (χ0v) is 13.5. The second-order valence-electron chi connectivity index (χ2n) is 4.29. The minimum Gasteiger partial charge on any atom is -0.493 e. The van der Waals surface area contributed by atoms with Crippen LogP contribution in [0.4, 0.5) is 0 Å². The number of nitrogens with one attached hydrogen (secondary N) is 1. The van der Waals surface area contributed by atoms with Gasteiger partial charge in [-0.2, -0.15) is 0 Å². The quantitative estimate of drug-likeness (QED) is 0.740. The number of hydrogen-bond acceptors (Lipinski definition) is 2. The predicted molar refractivity (Wildman–Crippen MR) is 80.7 cm³/mol. The highest BCUT2D eigenvalue weighted by atomic mass is 79.9. The fourth-order valence-corrected chi connectivity index (χ4v) is 2.49. The van der Waals surface area contributed by atoms with E-state index in [4.69, 9.17) is 4.74 Å². The SMILES string of the molecule is CC(CBr)(CBr)NC(=O)CCOc1ccccc1. The summed E-state index contributed by atoms with van der Waals surface area (Å²) in [6.45, 7) is 2.36. The van der Waals surface area contributed by atoms with Crippen molar-refractivity contribution in [2.45, 2.75) is 18.9 Å². The zero-order chi connectivity index (χ0) is 13.4. The summed E-state index contributed by atoms with van der Waals surface area (Å²) in [6.07, 6.45) is 0.352. The van der Waals surface area contributed by atoms with Gasteiger partial charge >= 0.3 is 0 Å². The predicted octanol–water partition coefficient (Wildman–Crippen LogP) is 3.12. The molecule has 3 nitrogen and oxygen atoms in total. The van der Waals surface area contributed by atoms with Gasteiger partial charge < -0.3 is 10.1 Å². The molecule has 0 fully saturated rings. The van der Waals surface area contributed by atoms with Crippen molar-refractivity contribution in [1.29, 1.82) is 0 Å². The van der Waals surface area contributed by atoms with Crippen LogP contribution >= 0.6 is 31.9 Å². The van der Waals surface area contributed by atoms with Gasteiger partial charge in [-0.05, 0) is 19.1 Å². The van der Waals surface area contributed by atoms with Crippen molar-refractivity contribution >= 4 is 37.8 Å². The van der Waals surface area contributed by atoms with E-state index in [2.05, 4.69) is 37.2 Å². The van der Waals surface area contributed by atoms with Gasteiger partial charge in [0.25, 0.3) is 0 Å². The van der Waals surface area contributed by atoms with E-state index in [-0.39, 0.29) is 11.4 Å². The highest BCUT2D eigenvalue weighted by molar-refractivity contribution is 9.09. The van der Waals surface area contributed by atoms with Gasteiger partial charge in [0.1, 0.15) is 5.75 Å². The van der Waals surface area contributed by atoms with Gasteiger partial charge in [0.05, 0.1) is 18.6 Å². The molecule has 0 radical (unpaired) electrons. The molecule has 0 aliphatic carbocycles. The van der Waals surface area contributed by atoms with Crippen LogP contribution in [0.25, 0.3) is 0 Å². The number of rotatable bonds is 7. The molecule has 0 aromatic heterocycles. The van der Waals surface area contributed by atoms with Crippen molar-refractivity contribution in [3.05, 3.63) is 30.3 Å². The summed E-state index contributed by atoms with van der Waals surface area (Å²) in [5, 5.41) is 4.38. The van der Waals surface area contributed by atoms with E-state index in [1.165, 1.54) is 0 Å². The molecule has 0 unspecified atom stereocenters. The molecule has 1 N–H and O–H groups in total. The minimum absolute atomic E-state index is 0.00710. The van der Waals surface area contributed by atoms with Crippen molar-refractivity contribution in [2.24, 2.45) is 0 Å². The van der Waals surface area contributed by atoms with Crippen LogP contribution in [-0.4, -0.2) is 28.7 Å². The Labute approximate surface area is 125 Å². The Kier molecular flexibility index (Phi) is 6.71. The van der Waals surface area contributed by atoms with Gasteiger partial charge in [-0.1, -0.05) is 50.1 Å². The summed E-state index contributed by atoms with van der Waals surface area (Å²) in [5.41, 5.74) is -0.260. The Balaban J connectivity index is 2.30. The molecular weight excluding hydrogens is 362 g/mol. The molecule has 100 valence electrons. The Morgan fingerprint density at radius 2 is 1.89 bits per heavy atom. The molecule has 5 heteroatoms. The van der Waals surface area contributed by atoms with Crippen molar-refractivity contribution in [1.82, 2.24) is 5.32 Å². The molecule has 0 aliphatic heterocycles. The first-order valence-electron chi connectivity index (χ1n) is 5.70. The summed E-state index contributed by atoms with van der Waals surface area (Å²) in [6, 6.07) is 9.49. The summed E-state index contributed by atoms with van der Waals surface area (Å²) >= 11 is 6.78. The lowest BCUT2D eigenvalue weighted by Gasteiger charge is -2.26. The summed E-state index contributed by atoms with van der Waals surface area (Å²) in [5.74, 6) is 0.779. The Morgan fingerprint density at radius 3 is 2.44 bits per heavy atom. The highest BCUT2D eigenvalue weighted by Crippen LogP contribution is 2.12. The number of para-hydroxylation sites is 1. The summed E-state index contributed by atoms with van der Waals surface area (Å²) < 4.78 is 5.47. The fraction of sp³-hybridized carbons (Fsp3) is 0.462. The highest BCUT2D eigenvalue weighted by Gasteiger charge is 2.23. The second-order valence-corrected chi connectivity index (χ2v) is 5.41. The van der Waals surface area contributed by atoms with Crippen LogP contribution in [0.5, 0.6) is 5.75 Å². The van der Waals surface area contributed by atoms with Crippen LogP contribution in [0.3, 0.4) is 0 Å². The van der Waals surface area contributed by atoms with E-state index in [9.17, 15) is 4.79 Å². The van der Waals surface area contributed by atoms with E-state index < -0.39 is 0 Å². The zero-order valence-electron chi connectivity index (χ0n) is 10.3. The molecule has 0 saturated carbocycles. The molecule has 0 heterocycles. The van der Waals surface area contributed by atoms with Crippen molar-refractivity contribution < 1.29 is 9.53 Å². The van der Waals surface area contributed by atoms with E-state index in [0.29, 0.717) is 23.7 Å². The smallest absolute Gasteiger partial charge is 0.223 e. The van der Waals surface area contributed by atoms with Gasteiger partial charge in [-0.3, -0.25) is 4.79 Å². The lowest BCUT2D eigenvalue weighted by Crippen LogP contribution is -2.49. The molecule has 1 amide bonds. The molecular formula is C13H17Br2NO2. The third-order valence-corrected chi connectivity index (χ3v) is 4.85. The van der Waals surface area contributed by atoms with Crippen LogP contribution in [0.15, 0.2) is 30.3 Å². The number of carbonyl (C=O) groups is 1. The first-order chi connectivity index (χ1) is 8.59. The molecule has 18 heavy (non-hydrogen) atoms. The van der Waals surface area contributed by atoms with E-state index in [0.717, 1.165) is 5.75 Å². The molecule has 0 aliphatic rings. The maximum absolute atomic E-state index is 11.7. The summed E-state index contributed by atoms with van der Waals surface area (Å²) in [7, 11) is 0. The van der Waals surface area contributed by atoms with E-state index >= 15 is 0 Å². The van der Waals surface area contributed by atoms with Crippen molar-refractivity contribution in [2.75, 3.05) is 17.3 Å².